The molecule has 0 fully saturated rings. The third kappa shape index (κ3) is 5.31. The summed E-state index contributed by atoms with van der Waals surface area (Å²) in [5.74, 6) is 0.503. The van der Waals surface area contributed by atoms with Crippen LogP contribution in [0.4, 0.5) is 0 Å². The van der Waals surface area contributed by atoms with Gasteiger partial charge in [-0.25, -0.2) is 4.79 Å². The molecule has 138 valence electrons. The number of methoxy groups -OCH3 is 1. The first-order valence-corrected chi connectivity index (χ1v) is 8.83. The van der Waals surface area contributed by atoms with Gasteiger partial charge in [-0.15, -0.1) is 0 Å². The number of benzene rings is 2. The fraction of sp³-hybridized carbons (Fsp3) is 0.211. The van der Waals surface area contributed by atoms with Crippen LogP contribution in [0.3, 0.4) is 0 Å². The van der Waals surface area contributed by atoms with Crippen molar-refractivity contribution in [3.8, 4) is 17.2 Å². The fourth-order valence-electron chi connectivity index (χ4n) is 2.06. The zero-order valence-corrected chi connectivity index (χ0v) is 16.7. The van der Waals surface area contributed by atoms with E-state index in [1.54, 1.807) is 36.4 Å². The molecule has 26 heavy (non-hydrogen) atoms. The summed E-state index contributed by atoms with van der Waals surface area (Å²) in [5.41, 5.74) is 0.650. The second kappa shape index (κ2) is 9.17. The summed E-state index contributed by atoms with van der Waals surface area (Å²) in [7, 11) is 1.52. The second-order valence-corrected chi connectivity index (χ2v) is 6.70. The van der Waals surface area contributed by atoms with Crippen LogP contribution in [-0.4, -0.2) is 19.2 Å². The van der Waals surface area contributed by atoms with Crippen LogP contribution in [0, 0.1) is 0 Å². The van der Waals surface area contributed by atoms with Gasteiger partial charge in [0.15, 0.2) is 17.2 Å². The normalized spacial score (nSPS) is 11.0. The van der Waals surface area contributed by atoms with Gasteiger partial charge in [0.2, 0.25) is 0 Å². The van der Waals surface area contributed by atoms with Crippen LogP contribution in [0.2, 0.25) is 15.1 Å². The summed E-state index contributed by atoms with van der Waals surface area (Å²) < 4.78 is 16.1. The maximum Gasteiger partial charge on any atom is 0.336 e. The number of ether oxygens (including phenoxy) is 3. The minimum absolute atomic E-state index is 0.0554. The Morgan fingerprint density at radius 3 is 2.46 bits per heavy atom. The zero-order valence-electron chi connectivity index (χ0n) is 14.4. The van der Waals surface area contributed by atoms with Crippen molar-refractivity contribution in [1.82, 2.24) is 0 Å². The minimum Gasteiger partial charge on any atom is -0.493 e. The van der Waals surface area contributed by atoms with E-state index in [1.807, 2.05) is 13.8 Å². The molecule has 0 radical (unpaired) electrons. The molecule has 4 nitrogen and oxygen atoms in total. The van der Waals surface area contributed by atoms with E-state index in [0.29, 0.717) is 27.1 Å². The number of esters is 1. The first-order chi connectivity index (χ1) is 12.3. The zero-order chi connectivity index (χ0) is 19.3. The summed E-state index contributed by atoms with van der Waals surface area (Å²) in [4.78, 5) is 12.0. The number of rotatable bonds is 6. The first-order valence-electron chi connectivity index (χ1n) is 7.70. The van der Waals surface area contributed by atoms with Crippen molar-refractivity contribution in [1.29, 1.82) is 0 Å². The summed E-state index contributed by atoms with van der Waals surface area (Å²) in [6.45, 7) is 3.78. The van der Waals surface area contributed by atoms with E-state index in [9.17, 15) is 4.79 Å². The van der Waals surface area contributed by atoms with Crippen LogP contribution >= 0.6 is 34.8 Å². The van der Waals surface area contributed by atoms with Gasteiger partial charge in [0.1, 0.15) is 5.02 Å². The lowest BCUT2D eigenvalue weighted by molar-refractivity contribution is -0.128. The number of carbonyl (C=O) groups excluding carboxylic acids is 1. The largest absolute Gasteiger partial charge is 0.493 e. The molecule has 0 bridgehead atoms. The predicted molar refractivity (Wildman–Crippen MR) is 105 cm³/mol. The highest BCUT2D eigenvalue weighted by atomic mass is 35.5. The topological polar surface area (TPSA) is 44.8 Å². The molecule has 0 N–H and O–H groups in total. The van der Waals surface area contributed by atoms with Crippen LogP contribution < -0.4 is 14.2 Å². The van der Waals surface area contributed by atoms with Gasteiger partial charge in [-0.05, 0) is 49.8 Å². The van der Waals surface area contributed by atoms with Crippen molar-refractivity contribution in [3.63, 3.8) is 0 Å². The average Bonchev–Trinajstić information content (AvgIpc) is 2.58. The molecule has 0 spiro atoms. The molecule has 2 rings (SSSR count). The van der Waals surface area contributed by atoms with E-state index in [1.165, 1.54) is 13.2 Å². The Hall–Kier alpha value is -1.88. The van der Waals surface area contributed by atoms with Crippen molar-refractivity contribution in [2.45, 2.75) is 20.0 Å². The molecular weight excluding hydrogens is 399 g/mol. The van der Waals surface area contributed by atoms with E-state index in [2.05, 4.69) is 0 Å². The summed E-state index contributed by atoms with van der Waals surface area (Å²) >= 11 is 18.1. The number of hydrogen-bond acceptors (Lipinski definition) is 4. The molecule has 2 aromatic rings. The van der Waals surface area contributed by atoms with E-state index in [4.69, 9.17) is 49.0 Å². The van der Waals surface area contributed by atoms with Gasteiger partial charge in [-0.2, -0.15) is 0 Å². The van der Waals surface area contributed by atoms with E-state index < -0.39 is 5.97 Å². The maximum absolute atomic E-state index is 12.0. The Morgan fingerprint density at radius 1 is 1.08 bits per heavy atom. The smallest absolute Gasteiger partial charge is 0.336 e. The van der Waals surface area contributed by atoms with Crippen molar-refractivity contribution >= 4 is 46.8 Å². The quantitative estimate of drug-likeness (QED) is 0.327. The molecule has 0 atom stereocenters. The van der Waals surface area contributed by atoms with Crippen LogP contribution in [0.15, 0.2) is 36.4 Å². The van der Waals surface area contributed by atoms with E-state index >= 15 is 0 Å². The molecule has 0 aromatic heterocycles. The minimum atomic E-state index is -0.605. The van der Waals surface area contributed by atoms with E-state index in [0.717, 1.165) is 0 Å². The van der Waals surface area contributed by atoms with Crippen LogP contribution in [0.25, 0.3) is 6.08 Å². The molecule has 0 amide bonds. The van der Waals surface area contributed by atoms with Gasteiger partial charge in [0.05, 0.1) is 23.3 Å². The third-order valence-electron chi connectivity index (χ3n) is 3.14. The van der Waals surface area contributed by atoms with Gasteiger partial charge in [0.25, 0.3) is 0 Å². The van der Waals surface area contributed by atoms with Crippen molar-refractivity contribution in [3.05, 3.63) is 57.0 Å². The molecule has 0 aliphatic rings. The van der Waals surface area contributed by atoms with Crippen LogP contribution in [-0.2, 0) is 4.79 Å². The van der Waals surface area contributed by atoms with Crippen LogP contribution in [0.5, 0.6) is 17.2 Å². The van der Waals surface area contributed by atoms with Crippen molar-refractivity contribution in [2.75, 3.05) is 7.11 Å². The molecular formula is C19H17Cl3O4. The molecule has 2 aromatic carbocycles. The molecule has 0 heterocycles. The highest BCUT2D eigenvalue weighted by Crippen LogP contribution is 2.37. The molecule has 0 aliphatic carbocycles. The summed E-state index contributed by atoms with van der Waals surface area (Å²) in [5, 5.41) is 0.859. The average molecular weight is 416 g/mol. The monoisotopic (exact) mass is 414 g/mol. The van der Waals surface area contributed by atoms with Gasteiger partial charge >= 0.3 is 5.97 Å². The van der Waals surface area contributed by atoms with Gasteiger partial charge in [0, 0.05) is 6.08 Å². The Labute approximate surface area is 167 Å². The summed E-state index contributed by atoms with van der Waals surface area (Å²) in [6, 6.07) is 8.17. The molecule has 0 saturated carbocycles. The first kappa shape index (κ1) is 20.4. The lowest BCUT2D eigenvalue weighted by Gasteiger charge is -2.15. The Morgan fingerprint density at radius 2 is 1.81 bits per heavy atom. The molecule has 7 heteroatoms. The van der Waals surface area contributed by atoms with Crippen molar-refractivity contribution in [2.24, 2.45) is 0 Å². The predicted octanol–water partition coefficient (Wildman–Crippen LogP) is 6.06. The fourth-order valence-corrected chi connectivity index (χ4v) is 2.65. The highest BCUT2D eigenvalue weighted by Gasteiger charge is 2.13. The Balaban J connectivity index is 2.18. The van der Waals surface area contributed by atoms with Crippen molar-refractivity contribution < 1.29 is 19.0 Å². The standard InChI is InChI=1S/C19H17Cl3O4/c1-11(2)25-19-14(21)9-12(10-16(19)24-3)7-8-17(23)26-15-6-4-5-13(20)18(15)22/h4-11H,1-3H3/b8-7+. The lowest BCUT2D eigenvalue weighted by Crippen LogP contribution is -2.07. The molecule has 0 aliphatic heterocycles. The third-order valence-corrected chi connectivity index (χ3v) is 4.23. The molecule has 0 saturated heterocycles. The Bertz CT molecular complexity index is 832. The number of halogens is 3. The Kier molecular flexibility index (Phi) is 7.21. The SMILES string of the molecule is COc1cc(/C=C/C(=O)Oc2cccc(Cl)c2Cl)cc(Cl)c1OC(C)C. The molecule has 0 unspecified atom stereocenters. The highest BCUT2D eigenvalue weighted by molar-refractivity contribution is 6.43. The summed E-state index contributed by atoms with van der Waals surface area (Å²) in [6.07, 6.45) is 2.75. The maximum atomic E-state index is 12.0. The lowest BCUT2D eigenvalue weighted by atomic mass is 10.2. The van der Waals surface area contributed by atoms with Crippen LogP contribution in [0.1, 0.15) is 19.4 Å². The van der Waals surface area contributed by atoms with Gasteiger partial charge < -0.3 is 14.2 Å². The number of carbonyl (C=O) groups is 1. The van der Waals surface area contributed by atoms with Gasteiger partial charge in [-0.3, -0.25) is 0 Å². The van der Waals surface area contributed by atoms with E-state index in [-0.39, 0.29) is 16.9 Å². The number of hydrogen-bond donors (Lipinski definition) is 0. The van der Waals surface area contributed by atoms with Gasteiger partial charge in [-0.1, -0.05) is 40.9 Å². The second-order valence-electron chi connectivity index (χ2n) is 5.51.